The first-order chi connectivity index (χ1) is 10.8. The van der Waals surface area contributed by atoms with Crippen molar-refractivity contribution in [3.05, 3.63) is 71.8 Å². The number of rotatable bonds is 5. The highest BCUT2D eigenvalue weighted by Crippen LogP contribution is 2.21. The second kappa shape index (κ2) is 7.37. The zero-order valence-electron chi connectivity index (χ0n) is 12.9. The van der Waals surface area contributed by atoms with Crippen LogP contribution in [0.2, 0.25) is 0 Å². The highest BCUT2D eigenvalue weighted by molar-refractivity contribution is 5.86. The topological polar surface area (TPSA) is 20.3 Å². The van der Waals surface area contributed by atoms with E-state index >= 15 is 0 Å². The van der Waals surface area contributed by atoms with Crippen LogP contribution in [0.4, 0.5) is 0 Å². The van der Waals surface area contributed by atoms with Crippen molar-refractivity contribution in [3.63, 3.8) is 0 Å². The molecule has 0 aromatic heterocycles. The smallest absolute Gasteiger partial charge is 0.154 e. The highest BCUT2D eigenvalue weighted by atomic mass is 16.1. The van der Waals surface area contributed by atoms with Crippen molar-refractivity contribution in [1.82, 2.24) is 4.90 Å². The van der Waals surface area contributed by atoms with Crippen LogP contribution in [0.15, 0.2) is 60.7 Å². The second-order valence-electron chi connectivity index (χ2n) is 6.10. The van der Waals surface area contributed by atoms with E-state index in [0.717, 1.165) is 31.5 Å². The molecule has 1 saturated heterocycles. The molecular weight excluding hydrogens is 270 g/mol. The molecule has 1 atom stereocenters. The Bertz CT molecular complexity index is 594. The first-order valence-electron chi connectivity index (χ1n) is 8.17. The molecule has 0 amide bonds. The van der Waals surface area contributed by atoms with Gasteiger partial charge in [-0.15, -0.1) is 0 Å². The fourth-order valence-corrected chi connectivity index (χ4v) is 3.28. The molecule has 0 bridgehead atoms. The van der Waals surface area contributed by atoms with Gasteiger partial charge in [-0.2, -0.15) is 0 Å². The molecule has 0 saturated carbocycles. The highest BCUT2D eigenvalue weighted by Gasteiger charge is 2.28. The van der Waals surface area contributed by atoms with Crippen LogP contribution in [-0.4, -0.2) is 23.3 Å². The number of carbonyl (C=O) groups excluding carboxylic acids is 1. The summed E-state index contributed by atoms with van der Waals surface area (Å²) in [6, 6.07) is 20.6. The number of nitrogens with zero attached hydrogens (tertiary/aromatic N) is 1. The number of hydrogen-bond acceptors (Lipinski definition) is 2. The van der Waals surface area contributed by atoms with Gasteiger partial charge in [-0.25, -0.2) is 0 Å². The lowest BCUT2D eigenvalue weighted by atomic mass is 9.94. The monoisotopic (exact) mass is 293 g/mol. The fourth-order valence-electron chi connectivity index (χ4n) is 3.28. The molecule has 0 N–H and O–H groups in total. The van der Waals surface area contributed by atoms with Crippen LogP contribution in [0.5, 0.6) is 0 Å². The standard InChI is InChI=1S/C20H23NO/c22-20(15-17-9-3-1-4-10-17)19-13-7-8-14-21(19)16-18-11-5-2-6-12-18/h1-6,9-12,19H,7-8,13-16H2. The minimum Gasteiger partial charge on any atom is -0.298 e. The largest absolute Gasteiger partial charge is 0.298 e. The van der Waals surface area contributed by atoms with E-state index in [0.29, 0.717) is 12.2 Å². The van der Waals surface area contributed by atoms with E-state index in [4.69, 9.17) is 0 Å². The summed E-state index contributed by atoms with van der Waals surface area (Å²) in [5.41, 5.74) is 2.42. The molecule has 114 valence electrons. The predicted octanol–water partition coefficient (Wildman–Crippen LogP) is 3.85. The zero-order valence-corrected chi connectivity index (χ0v) is 12.9. The SMILES string of the molecule is O=C(Cc1ccccc1)C1CCCCN1Cc1ccccc1. The molecule has 2 nitrogen and oxygen atoms in total. The lowest BCUT2D eigenvalue weighted by Crippen LogP contribution is -2.44. The van der Waals surface area contributed by atoms with Crippen LogP contribution >= 0.6 is 0 Å². The Balaban J connectivity index is 1.68. The van der Waals surface area contributed by atoms with E-state index in [2.05, 4.69) is 29.2 Å². The van der Waals surface area contributed by atoms with Gasteiger partial charge in [0.2, 0.25) is 0 Å². The van der Waals surface area contributed by atoms with Crippen LogP contribution in [0, 0.1) is 0 Å². The molecule has 1 aliphatic heterocycles. The maximum absolute atomic E-state index is 12.7. The van der Waals surface area contributed by atoms with Crippen LogP contribution in [0.3, 0.4) is 0 Å². The Hall–Kier alpha value is -1.93. The predicted molar refractivity (Wildman–Crippen MR) is 89.6 cm³/mol. The van der Waals surface area contributed by atoms with E-state index in [1.54, 1.807) is 0 Å². The van der Waals surface area contributed by atoms with Crippen molar-refractivity contribution in [3.8, 4) is 0 Å². The Kier molecular flexibility index (Phi) is 5.02. The van der Waals surface area contributed by atoms with Crippen molar-refractivity contribution < 1.29 is 4.79 Å². The number of likely N-dealkylation sites (tertiary alicyclic amines) is 1. The zero-order chi connectivity index (χ0) is 15.2. The Morgan fingerprint density at radius 1 is 0.909 bits per heavy atom. The third kappa shape index (κ3) is 3.83. The van der Waals surface area contributed by atoms with E-state index in [-0.39, 0.29) is 6.04 Å². The average molecular weight is 293 g/mol. The molecule has 1 aliphatic rings. The molecule has 2 aromatic rings. The molecule has 22 heavy (non-hydrogen) atoms. The van der Waals surface area contributed by atoms with Crippen LogP contribution in [0.1, 0.15) is 30.4 Å². The summed E-state index contributed by atoms with van der Waals surface area (Å²) in [6.45, 7) is 1.91. The van der Waals surface area contributed by atoms with Gasteiger partial charge in [-0.05, 0) is 30.5 Å². The summed E-state index contributed by atoms with van der Waals surface area (Å²) in [6.07, 6.45) is 3.91. The molecule has 0 aliphatic carbocycles. The number of benzene rings is 2. The molecule has 1 unspecified atom stereocenters. The average Bonchev–Trinajstić information content (AvgIpc) is 2.57. The number of Topliss-reactive ketones (excluding diaryl/α,β-unsaturated/α-hetero) is 1. The minimum absolute atomic E-state index is 0.0779. The van der Waals surface area contributed by atoms with E-state index < -0.39 is 0 Å². The number of carbonyl (C=O) groups is 1. The van der Waals surface area contributed by atoms with Gasteiger partial charge in [0, 0.05) is 13.0 Å². The van der Waals surface area contributed by atoms with Gasteiger partial charge < -0.3 is 0 Å². The number of hydrogen-bond donors (Lipinski definition) is 0. The summed E-state index contributed by atoms with van der Waals surface area (Å²) in [5, 5.41) is 0. The normalized spacial score (nSPS) is 19.0. The van der Waals surface area contributed by atoms with Gasteiger partial charge in [0.15, 0.2) is 5.78 Å². The second-order valence-corrected chi connectivity index (χ2v) is 6.10. The third-order valence-corrected chi connectivity index (χ3v) is 4.43. The summed E-state index contributed by atoms with van der Waals surface area (Å²) in [5.74, 6) is 0.363. The van der Waals surface area contributed by atoms with Crippen LogP contribution in [-0.2, 0) is 17.8 Å². The molecule has 3 rings (SSSR count). The lowest BCUT2D eigenvalue weighted by molar-refractivity contribution is -0.125. The Labute approximate surface area is 132 Å². The van der Waals surface area contributed by atoms with Gasteiger partial charge in [-0.1, -0.05) is 67.1 Å². The van der Waals surface area contributed by atoms with E-state index in [9.17, 15) is 4.79 Å². The van der Waals surface area contributed by atoms with Gasteiger partial charge in [0.05, 0.1) is 6.04 Å². The third-order valence-electron chi connectivity index (χ3n) is 4.43. The van der Waals surface area contributed by atoms with Crippen LogP contribution < -0.4 is 0 Å². The van der Waals surface area contributed by atoms with Crippen molar-refractivity contribution >= 4 is 5.78 Å². The van der Waals surface area contributed by atoms with Crippen molar-refractivity contribution in [2.45, 2.75) is 38.3 Å². The number of piperidine rings is 1. The Morgan fingerprint density at radius 2 is 1.55 bits per heavy atom. The maximum atomic E-state index is 12.7. The molecule has 0 spiro atoms. The van der Waals surface area contributed by atoms with Crippen molar-refractivity contribution in [1.29, 1.82) is 0 Å². The summed E-state index contributed by atoms with van der Waals surface area (Å²) >= 11 is 0. The van der Waals surface area contributed by atoms with Crippen LogP contribution in [0.25, 0.3) is 0 Å². The van der Waals surface area contributed by atoms with Gasteiger partial charge in [-0.3, -0.25) is 9.69 Å². The van der Waals surface area contributed by atoms with E-state index in [1.807, 2.05) is 36.4 Å². The van der Waals surface area contributed by atoms with E-state index in [1.165, 1.54) is 12.0 Å². The van der Waals surface area contributed by atoms with Gasteiger partial charge in [0.25, 0.3) is 0 Å². The first-order valence-corrected chi connectivity index (χ1v) is 8.17. The summed E-state index contributed by atoms with van der Waals surface area (Å²) in [7, 11) is 0. The van der Waals surface area contributed by atoms with Gasteiger partial charge in [0.1, 0.15) is 0 Å². The minimum atomic E-state index is 0.0779. The van der Waals surface area contributed by atoms with Crippen molar-refractivity contribution in [2.75, 3.05) is 6.54 Å². The molecule has 1 heterocycles. The fraction of sp³-hybridized carbons (Fsp3) is 0.350. The molecule has 2 aromatic carbocycles. The molecule has 1 fully saturated rings. The number of ketones is 1. The van der Waals surface area contributed by atoms with Gasteiger partial charge >= 0.3 is 0 Å². The first kappa shape index (κ1) is 15.0. The quantitative estimate of drug-likeness (QED) is 0.834. The summed E-state index contributed by atoms with van der Waals surface area (Å²) in [4.78, 5) is 15.1. The lowest BCUT2D eigenvalue weighted by Gasteiger charge is -2.34. The molecular formula is C20H23NO. The Morgan fingerprint density at radius 3 is 2.23 bits per heavy atom. The molecule has 0 radical (unpaired) electrons. The summed E-state index contributed by atoms with van der Waals surface area (Å²) < 4.78 is 0. The van der Waals surface area contributed by atoms with Crippen molar-refractivity contribution in [2.24, 2.45) is 0 Å². The molecule has 2 heteroatoms. The maximum Gasteiger partial charge on any atom is 0.154 e.